The number of hydrogen-bond donors (Lipinski definition) is 2. The summed E-state index contributed by atoms with van der Waals surface area (Å²) in [6.45, 7) is 6.03. The van der Waals surface area contributed by atoms with E-state index in [0.29, 0.717) is 41.6 Å². The lowest BCUT2D eigenvalue weighted by molar-refractivity contribution is 0.0332. The maximum Gasteiger partial charge on any atom is 0.258 e. The number of para-hydroxylation sites is 1. The first-order valence-electron chi connectivity index (χ1n) is 13.5. The monoisotopic (exact) mass is 508 g/mol. The van der Waals surface area contributed by atoms with Crippen molar-refractivity contribution in [1.29, 1.82) is 0 Å². The highest BCUT2D eigenvalue weighted by Crippen LogP contribution is 2.35. The molecule has 3 atom stereocenters. The standard InChI is InChI=1S/C29H40N4O4/c1-20-16-33(21(2)19-34)29(36)24-10-7-11-25(31-28(35)23-12-14-30-15-13-23)27(24)37-26(20)18-32(3)17-22-8-5-4-6-9-22/h7,10-15,20-22,26,34H,4-6,8-9,16-19H2,1-3H3,(H,31,35)/t20-,21+,26+/m0/s1. The fourth-order valence-electron chi connectivity index (χ4n) is 5.45. The van der Waals surface area contributed by atoms with Crippen LogP contribution in [0.4, 0.5) is 5.69 Å². The molecule has 1 saturated carbocycles. The number of pyridine rings is 1. The van der Waals surface area contributed by atoms with E-state index in [9.17, 15) is 14.7 Å². The minimum atomic E-state index is -0.336. The average molecular weight is 509 g/mol. The molecule has 1 aliphatic heterocycles. The normalized spacial score (nSPS) is 21.5. The van der Waals surface area contributed by atoms with Gasteiger partial charge in [-0.15, -0.1) is 0 Å². The van der Waals surface area contributed by atoms with Crippen LogP contribution in [0.5, 0.6) is 5.75 Å². The Morgan fingerprint density at radius 1 is 1.19 bits per heavy atom. The third-order valence-electron chi connectivity index (χ3n) is 7.67. The minimum Gasteiger partial charge on any atom is -0.486 e. The van der Waals surface area contributed by atoms with Gasteiger partial charge in [0.25, 0.3) is 11.8 Å². The predicted octanol–water partition coefficient (Wildman–Crippen LogP) is 4.07. The Hall–Kier alpha value is -2.97. The Morgan fingerprint density at radius 3 is 2.62 bits per heavy atom. The number of carbonyl (C=O) groups excluding carboxylic acids is 2. The predicted molar refractivity (Wildman–Crippen MR) is 144 cm³/mol. The lowest BCUT2D eigenvalue weighted by Gasteiger charge is -2.39. The molecule has 2 amide bonds. The van der Waals surface area contributed by atoms with Gasteiger partial charge in [0.2, 0.25) is 0 Å². The van der Waals surface area contributed by atoms with Crippen molar-refractivity contribution < 1.29 is 19.4 Å². The smallest absolute Gasteiger partial charge is 0.258 e. The maximum atomic E-state index is 13.6. The van der Waals surface area contributed by atoms with Crippen LogP contribution in [-0.2, 0) is 0 Å². The summed E-state index contributed by atoms with van der Waals surface area (Å²) in [5.74, 6) is 0.597. The fraction of sp³-hybridized carbons (Fsp3) is 0.552. The van der Waals surface area contributed by atoms with Gasteiger partial charge in [0.1, 0.15) is 6.10 Å². The zero-order valence-corrected chi connectivity index (χ0v) is 22.2. The summed E-state index contributed by atoms with van der Waals surface area (Å²) >= 11 is 0. The molecule has 1 aliphatic carbocycles. The molecule has 4 rings (SSSR count). The van der Waals surface area contributed by atoms with Crippen LogP contribution in [0, 0.1) is 11.8 Å². The number of ether oxygens (including phenoxy) is 1. The van der Waals surface area contributed by atoms with Crippen molar-refractivity contribution in [2.24, 2.45) is 11.8 Å². The number of fused-ring (bicyclic) bond motifs is 1. The van der Waals surface area contributed by atoms with Crippen molar-refractivity contribution in [2.45, 2.75) is 58.1 Å². The number of rotatable bonds is 8. The Labute approximate surface area is 220 Å². The van der Waals surface area contributed by atoms with Crippen molar-refractivity contribution in [3.63, 3.8) is 0 Å². The summed E-state index contributed by atoms with van der Waals surface area (Å²) in [5.41, 5.74) is 1.32. The zero-order valence-electron chi connectivity index (χ0n) is 22.2. The summed E-state index contributed by atoms with van der Waals surface area (Å²) in [6.07, 6.45) is 9.42. The molecule has 2 aromatic rings. The summed E-state index contributed by atoms with van der Waals surface area (Å²) < 4.78 is 6.63. The van der Waals surface area contributed by atoms with Gasteiger partial charge in [0.05, 0.1) is 23.9 Å². The van der Waals surface area contributed by atoms with Gasteiger partial charge in [0, 0.05) is 43.5 Å². The van der Waals surface area contributed by atoms with E-state index in [1.807, 2.05) is 6.92 Å². The summed E-state index contributed by atoms with van der Waals surface area (Å²) in [4.78, 5) is 34.7. The quantitative estimate of drug-likeness (QED) is 0.558. The molecule has 0 bridgehead atoms. The number of aromatic nitrogens is 1. The highest BCUT2D eigenvalue weighted by molar-refractivity contribution is 6.07. The molecule has 37 heavy (non-hydrogen) atoms. The van der Waals surface area contributed by atoms with Crippen LogP contribution in [0.3, 0.4) is 0 Å². The zero-order chi connectivity index (χ0) is 26.4. The topological polar surface area (TPSA) is 95.0 Å². The second-order valence-corrected chi connectivity index (χ2v) is 10.7. The van der Waals surface area contributed by atoms with Crippen LogP contribution >= 0.6 is 0 Å². The van der Waals surface area contributed by atoms with Crippen molar-refractivity contribution in [2.75, 3.05) is 38.6 Å². The maximum absolute atomic E-state index is 13.6. The van der Waals surface area contributed by atoms with E-state index in [1.165, 1.54) is 32.1 Å². The average Bonchev–Trinajstić information content (AvgIpc) is 2.91. The van der Waals surface area contributed by atoms with E-state index in [2.05, 4.69) is 29.2 Å². The van der Waals surface area contributed by atoms with Gasteiger partial charge in [-0.2, -0.15) is 0 Å². The first-order chi connectivity index (χ1) is 17.9. The molecule has 0 unspecified atom stereocenters. The van der Waals surface area contributed by atoms with Crippen LogP contribution in [0.25, 0.3) is 0 Å². The van der Waals surface area contributed by atoms with Crippen LogP contribution < -0.4 is 10.1 Å². The van der Waals surface area contributed by atoms with Gasteiger partial charge < -0.3 is 25.0 Å². The Bertz CT molecular complexity index is 1060. The number of hydrogen-bond acceptors (Lipinski definition) is 6. The summed E-state index contributed by atoms with van der Waals surface area (Å²) in [7, 11) is 2.14. The van der Waals surface area contributed by atoms with Crippen molar-refractivity contribution in [3.8, 4) is 5.75 Å². The SMILES string of the molecule is C[C@H](CO)N1C[C@H](C)[C@@H](CN(C)CC2CCCCC2)Oc2c(NC(=O)c3ccncc3)cccc2C1=O. The van der Waals surface area contributed by atoms with Crippen LogP contribution in [-0.4, -0.2) is 77.1 Å². The lowest BCUT2D eigenvalue weighted by Crippen LogP contribution is -2.50. The molecule has 1 fully saturated rings. The number of benzene rings is 1. The third kappa shape index (κ3) is 6.67. The van der Waals surface area contributed by atoms with E-state index >= 15 is 0 Å². The molecular weight excluding hydrogens is 468 g/mol. The van der Waals surface area contributed by atoms with Crippen LogP contribution in [0.1, 0.15) is 66.7 Å². The Morgan fingerprint density at radius 2 is 1.92 bits per heavy atom. The van der Waals surface area contributed by atoms with E-state index in [1.54, 1.807) is 47.6 Å². The first-order valence-corrected chi connectivity index (χ1v) is 13.5. The highest BCUT2D eigenvalue weighted by atomic mass is 16.5. The van der Waals surface area contributed by atoms with Crippen molar-refractivity contribution >= 4 is 17.5 Å². The molecule has 0 saturated heterocycles. The number of anilines is 1. The second kappa shape index (κ2) is 12.5. The Balaban J connectivity index is 1.63. The largest absolute Gasteiger partial charge is 0.486 e. The van der Waals surface area contributed by atoms with E-state index in [4.69, 9.17) is 4.74 Å². The van der Waals surface area contributed by atoms with E-state index in [0.717, 1.165) is 6.54 Å². The van der Waals surface area contributed by atoms with Gasteiger partial charge in [-0.1, -0.05) is 32.3 Å². The molecule has 1 aromatic carbocycles. The lowest BCUT2D eigenvalue weighted by atomic mass is 9.89. The molecule has 8 nitrogen and oxygen atoms in total. The van der Waals surface area contributed by atoms with Gasteiger partial charge >= 0.3 is 0 Å². The van der Waals surface area contributed by atoms with Gasteiger partial charge in [-0.25, -0.2) is 0 Å². The molecule has 2 heterocycles. The molecule has 0 spiro atoms. The highest BCUT2D eigenvalue weighted by Gasteiger charge is 2.35. The molecular formula is C29H40N4O4. The number of nitrogens with one attached hydrogen (secondary N) is 1. The second-order valence-electron chi connectivity index (χ2n) is 10.7. The number of aliphatic hydroxyl groups is 1. The molecule has 0 radical (unpaired) electrons. The molecule has 1 aromatic heterocycles. The van der Waals surface area contributed by atoms with Crippen molar-refractivity contribution in [3.05, 3.63) is 53.9 Å². The van der Waals surface area contributed by atoms with Crippen LogP contribution in [0.2, 0.25) is 0 Å². The number of carbonyl (C=O) groups is 2. The van der Waals surface area contributed by atoms with Gasteiger partial charge in [-0.3, -0.25) is 14.6 Å². The fourth-order valence-corrected chi connectivity index (χ4v) is 5.45. The molecule has 200 valence electrons. The van der Waals surface area contributed by atoms with Gasteiger partial charge in [-0.05, 0) is 57.0 Å². The van der Waals surface area contributed by atoms with E-state index in [-0.39, 0.29) is 36.5 Å². The molecule has 2 aliphatic rings. The number of amides is 2. The van der Waals surface area contributed by atoms with Crippen molar-refractivity contribution in [1.82, 2.24) is 14.8 Å². The van der Waals surface area contributed by atoms with Gasteiger partial charge in [0.15, 0.2) is 5.75 Å². The number of nitrogens with zero attached hydrogens (tertiary/aromatic N) is 3. The molecule has 8 heteroatoms. The first kappa shape index (κ1) is 27.1. The summed E-state index contributed by atoms with van der Waals surface area (Å²) in [5, 5.41) is 12.8. The number of aliphatic hydroxyl groups excluding tert-OH is 1. The third-order valence-corrected chi connectivity index (χ3v) is 7.67. The van der Waals surface area contributed by atoms with E-state index < -0.39 is 0 Å². The summed E-state index contributed by atoms with van der Waals surface area (Å²) in [6, 6.07) is 8.19. The Kier molecular flexibility index (Phi) is 9.16. The van der Waals surface area contributed by atoms with Crippen LogP contribution in [0.15, 0.2) is 42.7 Å². The number of likely N-dealkylation sites (N-methyl/N-ethyl adjacent to an activating group) is 1. The molecule has 2 N–H and O–H groups in total. The minimum absolute atomic E-state index is 0.0175.